The van der Waals surface area contributed by atoms with E-state index in [1.165, 1.54) is 30.7 Å². The minimum Gasteiger partial charge on any atom is -0.444 e. The molecule has 0 atom stereocenters. The highest BCUT2D eigenvalue weighted by Gasteiger charge is 2.31. The predicted octanol–water partition coefficient (Wildman–Crippen LogP) is 6.01. The maximum atomic E-state index is 13.2. The molecule has 0 bridgehead atoms. The monoisotopic (exact) mass is 620 g/mol. The van der Waals surface area contributed by atoms with Crippen molar-refractivity contribution in [2.45, 2.75) is 32.5 Å². The molecule has 0 aliphatic carbocycles. The summed E-state index contributed by atoms with van der Waals surface area (Å²) >= 11 is 0. The second-order valence-electron chi connectivity index (χ2n) is 11.2. The average molecular weight is 621 g/mol. The zero-order valence-corrected chi connectivity index (χ0v) is 24.8. The Morgan fingerprint density at radius 3 is 2.36 bits per heavy atom. The van der Waals surface area contributed by atoms with Gasteiger partial charge in [0.25, 0.3) is 5.91 Å². The van der Waals surface area contributed by atoms with Crippen molar-refractivity contribution in [3.63, 3.8) is 0 Å². The molecule has 3 aromatic heterocycles. The molecule has 5 rings (SSSR count). The van der Waals surface area contributed by atoms with Crippen LogP contribution in [0.4, 0.5) is 41.1 Å². The maximum absolute atomic E-state index is 13.2. The summed E-state index contributed by atoms with van der Waals surface area (Å²) in [6.45, 7) is 7.47. The van der Waals surface area contributed by atoms with Gasteiger partial charge in [-0.05, 0) is 57.2 Å². The number of pyridine rings is 2. The predicted molar refractivity (Wildman–Crippen MR) is 162 cm³/mol. The number of nitrogens with zero attached hydrogens (tertiary/aromatic N) is 6. The van der Waals surface area contributed by atoms with Gasteiger partial charge in [-0.1, -0.05) is 6.07 Å². The Bertz CT molecular complexity index is 1670. The van der Waals surface area contributed by atoms with Crippen LogP contribution in [0.2, 0.25) is 0 Å². The molecule has 11 nitrogen and oxygen atoms in total. The van der Waals surface area contributed by atoms with E-state index in [1.54, 1.807) is 29.3 Å². The van der Waals surface area contributed by atoms with Crippen LogP contribution in [0.5, 0.6) is 0 Å². The summed E-state index contributed by atoms with van der Waals surface area (Å²) in [5.74, 6) is 0.661. The normalized spacial score (nSPS) is 13.7. The van der Waals surface area contributed by atoms with Crippen LogP contribution in [0.15, 0.2) is 73.3 Å². The van der Waals surface area contributed by atoms with E-state index in [1.807, 2.05) is 31.7 Å². The van der Waals surface area contributed by atoms with Crippen molar-refractivity contribution in [2.24, 2.45) is 0 Å². The van der Waals surface area contributed by atoms with Crippen LogP contribution in [0.1, 0.15) is 36.7 Å². The summed E-state index contributed by atoms with van der Waals surface area (Å²) in [7, 11) is 0. The van der Waals surface area contributed by atoms with E-state index in [-0.39, 0.29) is 17.3 Å². The number of alkyl halides is 3. The number of carbonyl (C=O) groups is 2. The molecule has 4 heterocycles. The molecule has 0 saturated carbocycles. The molecule has 45 heavy (non-hydrogen) atoms. The van der Waals surface area contributed by atoms with Gasteiger partial charge >= 0.3 is 12.3 Å². The van der Waals surface area contributed by atoms with E-state index in [0.717, 1.165) is 12.1 Å². The number of carbonyl (C=O) groups excluding carboxylic acids is 2. The number of ether oxygens (including phenoxy) is 1. The first-order chi connectivity index (χ1) is 21.3. The Morgan fingerprint density at radius 1 is 0.889 bits per heavy atom. The third-order valence-corrected chi connectivity index (χ3v) is 6.65. The molecule has 1 aliphatic rings. The number of hydrogen-bond acceptors (Lipinski definition) is 9. The molecule has 2 N–H and O–H groups in total. The number of benzene rings is 1. The summed E-state index contributed by atoms with van der Waals surface area (Å²) in [5.41, 5.74) is -0.238. The standard InChI is InChI=1S/C31H31F3N8O3/c1-30(2,3)45-29(44)42-13-11-41(12-14-42)27-16-20(7-8-37-27)24-17-23(18-25(39-24)40-26-19-35-9-10-36-26)38-28(43)21-5-4-6-22(15-21)31(32,33)34/h4-10,15-19H,11-14H2,1-3H3,(H2,36,38,39,40,43). The third-order valence-electron chi connectivity index (χ3n) is 6.65. The van der Waals surface area contributed by atoms with Crippen LogP contribution in [0.3, 0.4) is 0 Å². The molecular formula is C31H31F3N8O3. The van der Waals surface area contributed by atoms with Gasteiger partial charge in [0.15, 0.2) is 0 Å². The first-order valence-electron chi connectivity index (χ1n) is 14.1. The topological polar surface area (TPSA) is 125 Å². The molecule has 4 aromatic rings. The lowest BCUT2D eigenvalue weighted by Crippen LogP contribution is -2.50. The summed E-state index contributed by atoms with van der Waals surface area (Å²) in [6, 6.07) is 11.0. The second-order valence-corrected chi connectivity index (χ2v) is 11.2. The Hall–Kier alpha value is -5.27. The van der Waals surface area contributed by atoms with Crippen LogP contribution in [-0.4, -0.2) is 68.6 Å². The minimum absolute atomic E-state index is 0.150. The summed E-state index contributed by atoms with van der Waals surface area (Å²) < 4.78 is 45.2. The van der Waals surface area contributed by atoms with Crippen LogP contribution in [-0.2, 0) is 10.9 Å². The van der Waals surface area contributed by atoms with Crippen LogP contribution < -0.4 is 15.5 Å². The summed E-state index contributed by atoms with van der Waals surface area (Å²) in [6.07, 6.45) is 1.20. The van der Waals surface area contributed by atoms with Gasteiger partial charge in [-0.25, -0.2) is 19.7 Å². The number of hydrogen-bond donors (Lipinski definition) is 2. The first-order valence-corrected chi connectivity index (χ1v) is 14.1. The largest absolute Gasteiger partial charge is 0.444 e. The zero-order valence-electron chi connectivity index (χ0n) is 24.8. The lowest BCUT2D eigenvalue weighted by molar-refractivity contribution is -0.137. The fourth-order valence-corrected chi connectivity index (χ4v) is 4.54. The van der Waals surface area contributed by atoms with Crippen molar-refractivity contribution in [1.82, 2.24) is 24.8 Å². The summed E-state index contributed by atoms with van der Waals surface area (Å²) in [5, 5.41) is 5.73. The van der Waals surface area contributed by atoms with E-state index < -0.39 is 23.2 Å². The van der Waals surface area contributed by atoms with Gasteiger partial charge < -0.3 is 25.2 Å². The Labute approximate surface area is 257 Å². The molecule has 0 unspecified atom stereocenters. The van der Waals surface area contributed by atoms with Crippen molar-refractivity contribution in [2.75, 3.05) is 41.7 Å². The number of piperazine rings is 1. The van der Waals surface area contributed by atoms with E-state index in [9.17, 15) is 22.8 Å². The number of rotatable bonds is 6. The minimum atomic E-state index is -4.59. The van der Waals surface area contributed by atoms with Gasteiger partial charge in [0.05, 0.1) is 17.5 Å². The quantitative estimate of drug-likeness (QED) is 0.267. The summed E-state index contributed by atoms with van der Waals surface area (Å²) in [4.78, 5) is 46.7. The molecule has 14 heteroatoms. The van der Waals surface area contributed by atoms with Crippen molar-refractivity contribution in [1.29, 1.82) is 0 Å². The van der Waals surface area contributed by atoms with Crippen molar-refractivity contribution in [3.8, 4) is 11.3 Å². The highest BCUT2D eigenvalue weighted by Crippen LogP contribution is 2.31. The third kappa shape index (κ3) is 8.22. The number of anilines is 4. The molecule has 1 aromatic carbocycles. The van der Waals surface area contributed by atoms with Crippen LogP contribution in [0, 0.1) is 0 Å². The first kappa shape index (κ1) is 31.2. The van der Waals surface area contributed by atoms with Gasteiger partial charge in [-0.3, -0.25) is 9.78 Å². The van der Waals surface area contributed by atoms with Gasteiger partial charge in [-0.15, -0.1) is 0 Å². The van der Waals surface area contributed by atoms with Gasteiger partial charge in [0.1, 0.15) is 23.1 Å². The highest BCUT2D eigenvalue weighted by molar-refractivity contribution is 6.04. The number of aromatic nitrogens is 4. The van der Waals surface area contributed by atoms with Gasteiger partial charge in [-0.2, -0.15) is 13.2 Å². The lowest BCUT2D eigenvalue weighted by Gasteiger charge is -2.36. The Balaban J connectivity index is 1.39. The average Bonchev–Trinajstić information content (AvgIpc) is 3.00. The van der Waals surface area contributed by atoms with Crippen LogP contribution in [0.25, 0.3) is 11.3 Å². The molecule has 1 saturated heterocycles. The van der Waals surface area contributed by atoms with Gasteiger partial charge in [0.2, 0.25) is 0 Å². The van der Waals surface area contributed by atoms with Crippen molar-refractivity contribution >= 4 is 35.1 Å². The maximum Gasteiger partial charge on any atom is 0.416 e. The number of nitrogens with one attached hydrogen (secondary N) is 2. The highest BCUT2D eigenvalue weighted by atomic mass is 19.4. The SMILES string of the molecule is CC(C)(C)OC(=O)N1CCN(c2cc(-c3cc(NC(=O)c4cccc(C(F)(F)F)c4)cc(Nc4cnccn4)n3)ccn2)CC1. The Kier molecular flexibility index (Phi) is 8.84. The second kappa shape index (κ2) is 12.8. The fourth-order valence-electron chi connectivity index (χ4n) is 4.54. The van der Waals surface area contributed by atoms with E-state index in [4.69, 9.17) is 4.74 Å². The number of amides is 2. The van der Waals surface area contributed by atoms with Crippen molar-refractivity contribution in [3.05, 3.63) is 84.4 Å². The van der Waals surface area contributed by atoms with E-state index in [2.05, 4.69) is 30.6 Å². The zero-order chi connectivity index (χ0) is 32.2. The van der Waals surface area contributed by atoms with Gasteiger partial charge in [0, 0.05) is 67.7 Å². The molecule has 1 fully saturated rings. The Morgan fingerprint density at radius 2 is 1.67 bits per heavy atom. The molecule has 0 spiro atoms. The lowest BCUT2D eigenvalue weighted by atomic mass is 10.1. The molecule has 1 aliphatic heterocycles. The smallest absolute Gasteiger partial charge is 0.416 e. The molecule has 2 amide bonds. The fraction of sp³-hybridized carbons (Fsp3) is 0.290. The van der Waals surface area contributed by atoms with E-state index >= 15 is 0 Å². The molecule has 0 radical (unpaired) electrons. The van der Waals surface area contributed by atoms with E-state index in [0.29, 0.717) is 54.9 Å². The molecular weight excluding hydrogens is 589 g/mol. The van der Waals surface area contributed by atoms with Crippen LogP contribution >= 0.6 is 0 Å². The van der Waals surface area contributed by atoms with Crippen molar-refractivity contribution < 1.29 is 27.5 Å². The molecule has 234 valence electrons. The number of halogens is 3.